The third-order valence-electron chi connectivity index (χ3n) is 5.55. The summed E-state index contributed by atoms with van der Waals surface area (Å²) in [6.45, 7) is 2.65. The van der Waals surface area contributed by atoms with E-state index in [0.717, 1.165) is 17.8 Å². The Kier molecular flexibility index (Phi) is 5.78. The van der Waals surface area contributed by atoms with Crippen molar-refractivity contribution in [1.82, 2.24) is 4.98 Å². The lowest BCUT2D eigenvalue weighted by Crippen LogP contribution is -2.42. The lowest BCUT2D eigenvalue weighted by Gasteiger charge is -2.28. The van der Waals surface area contributed by atoms with Gasteiger partial charge in [0.2, 0.25) is 0 Å². The maximum Gasteiger partial charge on any atom is 0.416 e. The fourth-order valence-corrected chi connectivity index (χ4v) is 3.77. The van der Waals surface area contributed by atoms with Crippen LogP contribution in [0.4, 0.5) is 35.2 Å². The predicted octanol–water partition coefficient (Wildman–Crippen LogP) is 6.03. The Hall–Kier alpha value is -3.55. The van der Waals surface area contributed by atoms with Gasteiger partial charge in [-0.25, -0.2) is 9.78 Å². The number of benzene rings is 2. The second-order valence-corrected chi connectivity index (χ2v) is 7.84. The molecule has 0 saturated carbocycles. The Balaban J connectivity index is 1.77. The van der Waals surface area contributed by atoms with Crippen LogP contribution in [0.3, 0.4) is 0 Å². The molecule has 8 heteroatoms. The van der Waals surface area contributed by atoms with Gasteiger partial charge in [-0.05, 0) is 49.7 Å². The van der Waals surface area contributed by atoms with E-state index in [9.17, 15) is 18.0 Å². The van der Waals surface area contributed by atoms with Gasteiger partial charge in [0, 0.05) is 30.9 Å². The minimum absolute atomic E-state index is 0.160. The number of nitrogens with one attached hydrogen (secondary N) is 1. The Bertz CT molecular complexity index is 1120. The summed E-state index contributed by atoms with van der Waals surface area (Å²) in [4.78, 5) is 21.5. The minimum Gasteiger partial charge on any atom is -0.372 e. The molecule has 0 aliphatic carbocycles. The van der Waals surface area contributed by atoms with Gasteiger partial charge in [-0.3, -0.25) is 4.90 Å². The topological polar surface area (TPSA) is 48.5 Å². The maximum atomic E-state index is 13.2. The number of urea groups is 1. The summed E-state index contributed by atoms with van der Waals surface area (Å²) in [5.74, 6) is 0.417. The molecule has 1 N–H and O–H groups in total. The van der Waals surface area contributed by atoms with Crippen molar-refractivity contribution in [2.24, 2.45) is 0 Å². The van der Waals surface area contributed by atoms with Crippen molar-refractivity contribution < 1.29 is 18.0 Å². The first-order chi connectivity index (χ1) is 15.2. The van der Waals surface area contributed by atoms with Crippen LogP contribution >= 0.6 is 0 Å². The zero-order valence-corrected chi connectivity index (χ0v) is 17.7. The number of anilines is 3. The third-order valence-corrected chi connectivity index (χ3v) is 5.55. The number of alkyl halides is 3. The molecule has 1 aliphatic rings. The average Bonchev–Trinajstić information content (AvgIpc) is 2.89. The molecular weight excluding hydrogens is 417 g/mol. The summed E-state index contributed by atoms with van der Waals surface area (Å²) in [5.41, 5.74) is 1.36. The molecule has 2 amide bonds. The molecule has 32 heavy (non-hydrogen) atoms. The van der Waals surface area contributed by atoms with Crippen molar-refractivity contribution in [2.75, 3.05) is 28.7 Å². The van der Waals surface area contributed by atoms with Crippen LogP contribution in [0.2, 0.25) is 0 Å². The Morgan fingerprint density at radius 1 is 1.06 bits per heavy atom. The van der Waals surface area contributed by atoms with Crippen molar-refractivity contribution in [1.29, 1.82) is 0 Å². The molecule has 2 aromatic carbocycles. The van der Waals surface area contributed by atoms with Gasteiger partial charge in [-0.15, -0.1) is 0 Å². The van der Waals surface area contributed by atoms with Crippen LogP contribution in [-0.4, -0.2) is 30.6 Å². The number of pyridine rings is 1. The molecule has 1 atom stereocenters. The van der Waals surface area contributed by atoms with Gasteiger partial charge in [-0.2, -0.15) is 13.2 Å². The quantitative estimate of drug-likeness (QED) is 0.529. The van der Waals surface area contributed by atoms with Crippen molar-refractivity contribution in [3.8, 4) is 11.3 Å². The molecule has 0 saturated heterocycles. The van der Waals surface area contributed by atoms with Gasteiger partial charge in [0.05, 0.1) is 16.9 Å². The van der Waals surface area contributed by atoms with Crippen LogP contribution in [0.25, 0.3) is 11.3 Å². The van der Waals surface area contributed by atoms with E-state index >= 15 is 0 Å². The summed E-state index contributed by atoms with van der Waals surface area (Å²) in [6, 6.07) is 17.1. The largest absolute Gasteiger partial charge is 0.416 e. The second-order valence-electron chi connectivity index (χ2n) is 7.84. The van der Waals surface area contributed by atoms with Gasteiger partial charge in [0.25, 0.3) is 0 Å². The van der Waals surface area contributed by atoms with E-state index < -0.39 is 11.7 Å². The fraction of sp³-hybridized carbons (Fsp3) is 0.250. The van der Waals surface area contributed by atoms with E-state index in [-0.39, 0.29) is 12.1 Å². The molecule has 1 aromatic heterocycles. The number of amides is 2. The van der Waals surface area contributed by atoms with Gasteiger partial charge >= 0.3 is 12.2 Å². The summed E-state index contributed by atoms with van der Waals surface area (Å²) in [6.07, 6.45) is -3.73. The van der Waals surface area contributed by atoms with E-state index in [4.69, 9.17) is 0 Å². The van der Waals surface area contributed by atoms with E-state index in [0.29, 0.717) is 35.7 Å². The molecule has 0 bridgehead atoms. The van der Waals surface area contributed by atoms with Crippen LogP contribution in [-0.2, 0) is 6.18 Å². The summed E-state index contributed by atoms with van der Waals surface area (Å²) >= 11 is 0. The summed E-state index contributed by atoms with van der Waals surface area (Å²) in [5, 5.41) is 2.89. The molecule has 2 heterocycles. The molecule has 5 nitrogen and oxygen atoms in total. The van der Waals surface area contributed by atoms with Gasteiger partial charge in [-0.1, -0.05) is 30.3 Å². The number of rotatable bonds is 2. The molecule has 1 aliphatic heterocycles. The van der Waals surface area contributed by atoms with E-state index in [1.165, 1.54) is 6.07 Å². The maximum absolute atomic E-state index is 13.2. The first-order valence-electron chi connectivity index (χ1n) is 10.3. The monoisotopic (exact) mass is 440 g/mol. The average molecular weight is 440 g/mol. The highest BCUT2D eigenvalue weighted by Gasteiger charge is 2.32. The molecule has 0 fully saturated rings. The second kappa shape index (κ2) is 8.53. The number of hydrogen-bond acceptors (Lipinski definition) is 3. The number of carbonyl (C=O) groups excluding carboxylic acids is 1. The van der Waals surface area contributed by atoms with E-state index in [1.54, 1.807) is 35.2 Å². The summed E-state index contributed by atoms with van der Waals surface area (Å²) < 4.78 is 39.6. The van der Waals surface area contributed by atoms with Crippen LogP contribution in [0, 0.1) is 0 Å². The third kappa shape index (κ3) is 4.39. The molecule has 3 aromatic rings. The Labute approximate surface area is 184 Å². The molecular formula is C24H23F3N4O. The number of carbonyl (C=O) groups is 1. The van der Waals surface area contributed by atoms with Gasteiger partial charge in [0.1, 0.15) is 0 Å². The predicted molar refractivity (Wildman–Crippen MR) is 120 cm³/mol. The lowest BCUT2D eigenvalue weighted by molar-refractivity contribution is -0.137. The Morgan fingerprint density at radius 3 is 2.53 bits per heavy atom. The highest BCUT2D eigenvalue weighted by molar-refractivity contribution is 6.03. The first kappa shape index (κ1) is 21.7. The number of para-hydroxylation sites is 1. The fourth-order valence-electron chi connectivity index (χ4n) is 3.77. The van der Waals surface area contributed by atoms with E-state index in [1.807, 2.05) is 37.1 Å². The highest BCUT2D eigenvalue weighted by Crippen LogP contribution is 2.36. The molecule has 0 unspecified atom stereocenters. The SMILES string of the molecule is C[C@@H]1CCN(C)c2ccc(-c3cccc(C(F)(F)F)c3)nc2N1C(=O)Nc1ccccc1. The highest BCUT2D eigenvalue weighted by atomic mass is 19.4. The molecule has 166 valence electrons. The normalized spacial score (nSPS) is 16.3. The zero-order chi connectivity index (χ0) is 22.9. The van der Waals surface area contributed by atoms with Crippen molar-refractivity contribution >= 4 is 23.2 Å². The Morgan fingerprint density at radius 2 is 1.81 bits per heavy atom. The number of nitrogens with zero attached hydrogens (tertiary/aromatic N) is 3. The lowest BCUT2D eigenvalue weighted by atomic mass is 10.1. The van der Waals surface area contributed by atoms with Crippen LogP contribution in [0.15, 0.2) is 66.7 Å². The van der Waals surface area contributed by atoms with Gasteiger partial charge in [0.15, 0.2) is 5.82 Å². The zero-order valence-electron chi connectivity index (χ0n) is 17.7. The molecule has 0 spiro atoms. The van der Waals surface area contributed by atoms with Crippen molar-refractivity contribution in [3.05, 3.63) is 72.3 Å². The smallest absolute Gasteiger partial charge is 0.372 e. The molecule has 4 rings (SSSR count). The number of aromatic nitrogens is 1. The van der Waals surface area contributed by atoms with Crippen LogP contribution in [0.5, 0.6) is 0 Å². The van der Waals surface area contributed by atoms with Crippen molar-refractivity contribution in [2.45, 2.75) is 25.6 Å². The van der Waals surface area contributed by atoms with Gasteiger partial charge < -0.3 is 10.2 Å². The van der Waals surface area contributed by atoms with E-state index in [2.05, 4.69) is 10.3 Å². The van der Waals surface area contributed by atoms with Crippen molar-refractivity contribution in [3.63, 3.8) is 0 Å². The minimum atomic E-state index is -4.45. The first-order valence-corrected chi connectivity index (χ1v) is 10.3. The number of halogens is 3. The number of hydrogen-bond donors (Lipinski definition) is 1. The van der Waals surface area contributed by atoms with Crippen LogP contribution < -0.4 is 15.1 Å². The standard InChI is InChI=1S/C24H23F3N4O/c1-16-13-14-30(2)21-12-11-20(17-7-6-8-18(15-17)24(25,26)27)29-22(21)31(16)23(32)28-19-9-4-3-5-10-19/h3-12,15-16H,13-14H2,1-2H3,(H,28,32)/t16-/m1/s1. The summed E-state index contributed by atoms with van der Waals surface area (Å²) in [7, 11) is 1.91. The number of fused-ring (bicyclic) bond motifs is 1. The van der Waals surface area contributed by atoms with Crippen LogP contribution in [0.1, 0.15) is 18.9 Å². The molecule has 0 radical (unpaired) electrons.